The highest BCUT2D eigenvalue weighted by atomic mass is 16.1. The molecule has 1 amide bonds. The average Bonchev–Trinajstić information content (AvgIpc) is 3.06. The van der Waals surface area contributed by atoms with Crippen molar-refractivity contribution in [3.63, 3.8) is 0 Å². The topological polar surface area (TPSA) is 64.3 Å². The molecule has 3 aromatic rings. The maximum Gasteiger partial charge on any atom is 0.230 e. The third-order valence-corrected chi connectivity index (χ3v) is 4.91. The number of hydrogen-bond donors (Lipinski definition) is 2. The lowest BCUT2D eigenvalue weighted by Gasteiger charge is -2.33. The fourth-order valence-electron chi connectivity index (χ4n) is 3.35. The van der Waals surface area contributed by atoms with E-state index in [0.29, 0.717) is 12.2 Å². The van der Waals surface area contributed by atoms with E-state index in [1.54, 1.807) is 0 Å². The number of likely N-dealkylation sites (N-methyl/N-ethyl adjacent to an activating group) is 1. The summed E-state index contributed by atoms with van der Waals surface area (Å²) >= 11 is 0. The van der Waals surface area contributed by atoms with Gasteiger partial charge in [-0.3, -0.25) is 4.79 Å². The number of fused-ring (bicyclic) bond motifs is 1. The molecular weight excluding hydrogens is 326 g/mol. The number of rotatable bonds is 4. The molecule has 2 N–H and O–H groups in total. The van der Waals surface area contributed by atoms with Crippen LogP contribution in [0.5, 0.6) is 0 Å². The quantitative estimate of drug-likeness (QED) is 0.760. The second-order valence-corrected chi connectivity index (χ2v) is 6.78. The monoisotopic (exact) mass is 349 g/mol. The molecule has 3 heterocycles. The van der Waals surface area contributed by atoms with Gasteiger partial charge in [0.2, 0.25) is 5.91 Å². The Kier molecular flexibility index (Phi) is 4.58. The zero-order valence-corrected chi connectivity index (χ0v) is 14.9. The number of aromatic amines is 1. The number of benzene rings is 1. The molecule has 1 saturated heterocycles. The lowest BCUT2D eigenvalue weighted by Crippen LogP contribution is -2.44. The number of nitrogens with zero attached hydrogens (tertiary/aromatic N) is 3. The van der Waals surface area contributed by atoms with Crippen molar-refractivity contribution in [1.29, 1.82) is 0 Å². The lowest BCUT2D eigenvalue weighted by atomic mass is 10.1. The van der Waals surface area contributed by atoms with Gasteiger partial charge in [-0.15, -0.1) is 0 Å². The van der Waals surface area contributed by atoms with Crippen LogP contribution in [0, 0.1) is 0 Å². The number of para-hydroxylation sites is 1. The molecular formula is C20H23N5O. The first-order chi connectivity index (χ1) is 12.7. The first-order valence-electron chi connectivity index (χ1n) is 8.93. The Morgan fingerprint density at radius 1 is 1.15 bits per heavy atom. The molecule has 26 heavy (non-hydrogen) atoms. The SMILES string of the molecule is CN1CCN(c2ccc(NC(=O)Cc3c[nH]c4ccccc34)nc2)CC1. The predicted octanol–water partition coefficient (Wildman–Crippen LogP) is 2.50. The van der Waals surface area contributed by atoms with Crippen molar-refractivity contribution >= 4 is 28.3 Å². The van der Waals surface area contributed by atoms with Crippen molar-refractivity contribution in [2.45, 2.75) is 6.42 Å². The molecule has 1 aliphatic heterocycles. The highest BCUT2D eigenvalue weighted by Crippen LogP contribution is 2.19. The van der Waals surface area contributed by atoms with E-state index in [9.17, 15) is 4.79 Å². The number of aromatic nitrogens is 2. The van der Waals surface area contributed by atoms with Crippen molar-refractivity contribution in [2.75, 3.05) is 43.4 Å². The maximum atomic E-state index is 12.4. The Morgan fingerprint density at radius 2 is 1.96 bits per heavy atom. The Bertz CT molecular complexity index is 894. The Labute approximate surface area is 152 Å². The van der Waals surface area contributed by atoms with Crippen molar-refractivity contribution in [1.82, 2.24) is 14.9 Å². The van der Waals surface area contributed by atoms with Gasteiger partial charge in [0.1, 0.15) is 5.82 Å². The molecule has 0 atom stereocenters. The first kappa shape index (κ1) is 16.6. The van der Waals surface area contributed by atoms with Crippen LogP contribution in [0.4, 0.5) is 11.5 Å². The minimum Gasteiger partial charge on any atom is -0.368 e. The van der Waals surface area contributed by atoms with Crippen LogP contribution >= 0.6 is 0 Å². The normalized spacial score (nSPS) is 15.3. The van der Waals surface area contributed by atoms with Crippen LogP contribution in [-0.2, 0) is 11.2 Å². The van der Waals surface area contributed by atoms with Crippen LogP contribution in [0.3, 0.4) is 0 Å². The van der Waals surface area contributed by atoms with Crippen LogP contribution in [0.25, 0.3) is 10.9 Å². The van der Waals surface area contributed by atoms with E-state index in [4.69, 9.17) is 0 Å². The molecule has 0 unspecified atom stereocenters. The van der Waals surface area contributed by atoms with Gasteiger partial charge in [0, 0.05) is 43.3 Å². The van der Waals surface area contributed by atoms with Crippen molar-refractivity contribution in [3.8, 4) is 0 Å². The van der Waals surface area contributed by atoms with E-state index in [1.165, 1.54) is 0 Å². The van der Waals surface area contributed by atoms with E-state index in [0.717, 1.165) is 48.3 Å². The summed E-state index contributed by atoms with van der Waals surface area (Å²) in [6.07, 6.45) is 4.06. The maximum absolute atomic E-state index is 12.4. The van der Waals surface area contributed by atoms with Crippen LogP contribution in [-0.4, -0.2) is 54.0 Å². The van der Waals surface area contributed by atoms with Gasteiger partial charge in [-0.1, -0.05) is 18.2 Å². The van der Waals surface area contributed by atoms with Gasteiger partial charge in [-0.2, -0.15) is 0 Å². The van der Waals surface area contributed by atoms with E-state index < -0.39 is 0 Å². The summed E-state index contributed by atoms with van der Waals surface area (Å²) in [5, 5.41) is 3.98. The molecule has 134 valence electrons. The molecule has 0 saturated carbocycles. The lowest BCUT2D eigenvalue weighted by molar-refractivity contribution is -0.115. The van der Waals surface area contributed by atoms with Gasteiger partial charge in [0.05, 0.1) is 18.3 Å². The zero-order chi connectivity index (χ0) is 17.9. The molecule has 0 bridgehead atoms. The minimum absolute atomic E-state index is 0.0606. The molecule has 2 aromatic heterocycles. The van der Waals surface area contributed by atoms with Gasteiger partial charge in [-0.05, 0) is 30.8 Å². The average molecular weight is 349 g/mol. The second kappa shape index (κ2) is 7.17. The summed E-state index contributed by atoms with van der Waals surface area (Å²) in [4.78, 5) is 24.6. The molecule has 0 radical (unpaired) electrons. The summed E-state index contributed by atoms with van der Waals surface area (Å²) in [6, 6.07) is 11.9. The van der Waals surface area contributed by atoms with Gasteiger partial charge >= 0.3 is 0 Å². The number of hydrogen-bond acceptors (Lipinski definition) is 4. The number of H-pyrrole nitrogens is 1. The largest absolute Gasteiger partial charge is 0.368 e. The standard InChI is InChI=1S/C20H23N5O/c1-24-8-10-25(11-9-24)16-6-7-19(22-14-16)23-20(26)12-15-13-21-18-5-3-2-4-17(15)18/h2-7,13-14,21H,8-12H2,1H3,(H,22,23,26). The molecule has 6 nitrogen and oxygen atoms in total. The number of anilines is 2. The molecule has 0 spiro atoms. The first-order valence-corrected chi connectivity index (χ1v) is 8.93. The summed E-state index contributed by atoms with van der Waals surface area (Å²) < 4.78 is 0. The van der Waals surface area contributed by atoms with Crippen molar-refractivity contribution in [2.24, 2.45) is 0 Å². The Hall–Kier alpha value is -2.86. The minimum atomic E-state index is -0.0606. The smallest absolute Gasteiger partial charge is 0.230 e. The van der Waals surface area contributed by atoms with Crippen LogP contribution in [0.15, 0.2) is 48.8 Å². The summed E-state index contributed by atoms with van der Waals surface area (Å²) in [5.41, 5.74) is 3.14. The zero-order valence-electron chi connectivity index (χ0n) is 14.9. The Morgan fingerprint density at radius 3 is 2.73 bits per heavy atom. The number of carbonyl (C=O) groups excluding carboxylic acids is 1. The highest BCUT2D eigenvalue weighted by molar-refractivity contribution is 5.95. The van der Waals surface area contributed by atoms with Crippen molar-refractivity contribution in [3.05, 3.63) is 54.4 Å². The third kappa shape index (κ3) is 3.55. The van der Waals surface area contributed by atoms with E-state index >= 15 is 0 Å². The van der Waals surface area contributed by atoms with Gasteiger partial charge in [0.25, 0.3) is 0 Å². The van der Waals surface area contributed by atoms with Crippen molar-refractivity contribution < 1.29 is 4.79 Å². The Balaban J connectivity index is 1.38. The molecule has 0 aliphatic carbocycles. The fraction of sp³-hybridized carbons (Fsp3) is 0.300. The number of piperazine rings is 1. The molecule has 6 heteroatoms. The summed E-state index contributed by atoms with van der Waals surface area (Å²) in [6.45, 7) is 4.13. The third-order valence-electron chi connectivity index (χ3n) is 4.91. The highest BCUT2D eigenvalue weighted by Gasteiger charge is 2.15. The predicted molar refractivity (Wildman–Crippen MR) is 105 cm³/mol. The number of nitrogens with one attached hydrogen (secondary N) is 2. The van der Waals surface area contributed by atoms with Gasteiger partial charge in [-0.25, -0.2) is 4.98 Å². The van der Waals surface area contributed by atoms with E-state index in [-0.39, 0.29) is 5.91 Å². The van der Waals surface area contributed by atoms with Crippen LogP contribution < -0.4 is 10.2 Å². The number of pyridine rings is 1. The van der Waals surface area contributed by atoms with Gasteiger partial charge < -0.3 is 20.1 Å². The summed E-state index contributed by atoms with van der Waals surface area (Å²) in [5.74, 6) is 0.530. The molecule has 1 aromatic carbocycles. The van der Waals surface area contributed by atoms with E-state index in [2.05, 4.69) is 32.1 Å². The van der Waals surface area contributed by atoms with Gasteiger partial charge in [0.15, 0.2) is 0 Å². The van der Waals surface area contributed by atoms with Crippen LogP contribution in [0.2, 0.25) is 0 Å². The second-order valence-electron chi connectivity index (χ2n) is 6.78. The van der Waals surface area contributed by atoms with E-state index in [1.807, 2.05) is 48.8 Å². The number of amides is 1. The molecule has 1 aliphatic rings. The fourth-order valence-corrected chi connectivity index (χ4v) is 3.35. The molecule has 1 fully saturated rings. The number of carbonyl (C=O) groups is 1. The van der Waals surface area contributed by atoms with Crippen LogP contribution in [0.1, 0.15) is 5.56 Å². The molecule has 4 rings (SSSR count). The summed E-state index contributed by atoms with van der Waals surface area (Å²) in [7, 11) is 2.14.